The van der Waals surface area contributed by atoms with Gasteiger partial charge in [-0.15, -0.1) is 13.2 Å². The maximum absolute atomic E-state index is 13.2. The normalized spacial score (nSPS) is 11.4. The lowest BCUT2D eigenvalue weighted by Crippen LogP contribution is -2.17. The van der Waals surface area contributed by atoms with E-state index in [0.29, 0.717) is 0 Å². The van der Waals surface area contributed by atoms with Crippen LogP contribution in [0.5, 0.6) is 5.75 Å². The molecule has 19 heavy (non-hydrogen) atoms. The molecule has 2 aromatic rings. The van der Waals surface area contributed by atoms with Crippen LogP contribution in [0.4, 0.5) is 23.2 Å². The van der Waals surface area contributed by atoms with Crippen molar-refractivity contribution >= 4 is 5.69 Å². The summed E-state index contributed by atoms with van der Waals surface area (Å²) in [7, 11) is 0. The summed E-state index contributed by atoms with van der Waals surface area (Å²) in [5.74, 6) is -1.02. The maximum atomic E-state index is 13.2. The zero-order valence-electron chi connectivity index (χ0n) is 9.54. The highest BCUT2D eigenvalue weighted by Crippen LogP contribution is 2.36. The molecular weight excluding hydrogens is 262 g/mol. The first-order valence-electron chi connectivity index (χ1n) is 5.27. The van der Waals surface area contributed by atoms with Gasteiger partial charge in [-0.05, 0) is 24.3 Å². The van der Waals surface area contributed by atoms with E-state index in [2.05, 4.69) is 4.74 Å². The van der Waals surface area contributed by atoms with Crippen LogP contribution in [0.2, 0.25) is 0 Å². The third kappa shape index (κ3) is 3.15. The van der Waals surface area contributed by atoms with Crippen LogP contribution in [0.15, 0.2) is 42.5 Å². The highest BCUT2D eigenvalue weighted by atomic mass is 19.4. The second kappa shape index (κ2) is 4.79. The van der Waals surface area contributed by atoms with E-state index in [-0.39, 0.29) is 16.8 Å². The Balaban J connectivity index is 2.53. The molecule has 0 aromatic heterocycles. The molecule has 0 atom stereocenters. The zero-order chi connectivity index (χ0) is 14.0. The Labute approximate surface area is 106 Å². The summed E-state index contributed by atoms with van der Waals surface area (Å²) in [5.41, 5.74) is 6.05. The summed E-state index contributed by atoms with van der Waals surface area (Å²) < 4.78 is 54.0. The number of anilines is 1. The van der Waals surface area contributed by atoms with E-state index in [9.17, 15) is 17.6 Å². The Hall–Kier alpha value is -2.24. The number of alkyl halides is 3. The first-order valence-corrected chi connectivity index (χ1v) is 5.27. The monoisotopic (exact) mass is 271 g/mol. The molecule has 0 saturated carbocycles. The predicted molar refractivity (Wildman–Crippen MR) is 62.9 cm³/mol. The fourth-order valence-corrected chi connectivity index (χ4v) is 1.66. The van der Waals surface area contributed by atoms with Gasteiger partial charge >= 0.3 is 6.36 Å². The number of hydrogen-bond donors (Lipinski definition) is 1. The zero-order valence-corrected chi connectivity index (χ0v) is 9.54. The van der Waals surface area contributed by atoms with E-state index in [1.807, 2.05) is 0 Å². The summed E-state index contributed by atoms with van der Waals surface area (Å²) in [6.07, 6.45) is -4.82. The molecule has 6 heteroatoms. The molecule has 0 saturated heterocycles. The van der Waals surface area contributed by atoms with Gasteiger partial charge in [0.25, 0.3) is 0 Å². The van der Waals surface area contributed by atoms with Crippen molar-refractivity contribution in [3.63, 3.8) is 0 Å². The van der Waals surface area contributed by atoms with E-state index >= 15 is 0 Å². The third-order valence-electron chi connectivity index (χ3n) is 2.42. The van der Waals surface area contributed by atoms with Gasteiger partial charge in [0.05, 0.1) is 0 Å². The lowest BCUT2D eigenvalue weighted by molar-refractivity contribution is -0.274. The summed E-state index contributed by atoms with van der Waals surface area (Å²) >= 11 is 0. The molecule has 100 valence electrons. The van der Waals surface area contributed by atoms with Crippen LogP contribution in [0, 0.1) is 5.82 Å². The van der Waals surface area contributed by atoms with Gasteiger partial charge in [-0.2, -0.15) is 0 Å². The van der Waals surface area contributed by atoms with Crippen molar-refractivity contribution in [2.24, 2.45) is 0 Å². The largest absolute Gasteiger partial charge is 0.573 e. The minimum Gasteiger partial charge on any atom is -0.405 e. The average molecular weight is 271 g/mol. The Bertz CT molecular complexity index is 595. The molecule has 2 N–H and O–H groups in total. The van der Waals surface area contributed by atoms with Crippen LogP contribution in [0.3, 0.4) is 0 Å². The van der Waals surface area contributed by atoms with Crippen LogP contribution in [-0.2, 0) is 0 Å². The Morgan fingerprint density at radius 3 is 2.32 bits per heavy atom. The quantitative estimate of drug-likeness (QED) is 0.662. The minimum atomic E-state index is -4.82. The summed E-state index contributed by atoms with van der Waals surface area (Å²) in [6, 6.07) is 8.91. The number of nitrogens with two attached hydrogens (primary N) is 1. The molecule has 0 fully saturated rings. The average Bonchev–Trinajstić information content (AvgIpc) is 2.31. The molecule has 0 heterocycles. The molecule has 2 rings (SSSR count). The number of ether oxygens (including phenoxy) is 1. The van der Waals surface area contributed by atoms with Crippen molar-refractivity contribution in [1.82, 2.24) is 0 Å². The molecule has 0 aliphatic rings. The Morgan fingerprint density at radius 2 is 1.63 bits per heavy atom. The maximum Gasteiger partial charge on any atom is 0.573 e. The third-order valence-corrected chi connectivity index (χ3v) is 2.42. The molecule has 0 amide bonds. The SMILES string of the molecule is Nc1ccc(F)cc1-c1ccccc1OC(F)(F)F. The number of nitrogen functional groups attached to an aromatic ring is 1. The molecular formula is C13H9F4NO. The lowest BCUT2D eigenvalue weighted by atomic mass is 10.0. The second-order valence-electron chi connectivity index (χ2n) is 3.78. The molecule has 0 radical (unpaired) electrons. The second-order valence-corrected chi connectivity index (χ2v) is 3.78. The molecule has 0 spiro atoms. The van der Waals surface area contributed by atoms with Crippen LogP contribution in [0.1, 0.15) is 0 Å². The number of hydrogen-bond acceptors (Lipinski definition) is 2. The fourth-order valence-electron chi connectivity index (χ4n) is 1.66. The van der Waals surface area contributed by atoms with E-state index in [0.717, 1.165) is 18.2 Å². The molecule has 0 aliphatic carbocycles. The summed E-state index contributed by atoms with van der Waals surface area (Å²) in [4.78, 5) is 0. The van der Waals surface area contributed by atoms with Gasteiger partial charge in [0.15, 0.2) is 0 Å². The van der Waals surface area contributed by atoms with Gasteiger partial charge in [-0.25, -0.2) is 4.39 Å². The fraction of sp³-hybridized carbons (Fsp3) is 0.0769. The summed E-state index contributed by atoms with van der Waals surface area (Å²) in [6.45, 7) is 0. The highest BCUT2D eigenvalue weighted by molar-refractivity contribution is 5.80. The van der Waals surface area contributed by atoms with Crippen molar-refractivity contribution in [3.8, 4) is 16.9 Å². The van der Waals surface area contributed by atoms with E-state index in [1.54, 1.807) is 0 Å². The number of para-hydroxylation sites is 1. The van der Waals surface area contributed by atoms with E-state index in [1.165, 1.54) is 24.3 Å². The topological polar surface area (TPSA) is 35.2 Å². The summed E-state index contributed by atoms with van der Waals surface area (Å²) in [5, 5.41) is 0. The first kappa shape index (κ1) is 13.2. The lowest BCUT2D eigenvalue weighted by Gasteiger charge is -2.14. The van der Waals surface area contributed by atoms with Crippen LogP contribution in [-0.4, -0.2) is 6.36 Å². The van der Waals surface area contributed by atoms with Crippen molar-refractivity contribution < 1.29 is 22.3 Å². The van der Waals surface area contributed by atoms with Gasteiger partial charge in [0.1, 0.15) is 11.6 Å². The van der Waals surface area contributed by atoms with Gasteiger partial charge < -0.3 is 10.5 Å². The van der Waals surface area contributed by atoms with Gasteiger partial charge in [-0.1, -0.05) is 18.2 Å². The van der Waals surface area contributed by atoms with Crippen LogP contribution in [0.25, 0.3) is 11.1 Å². The van der Waals surface area contributed by atoms with Crippen molar-refractivity contribution in [2.45, 2.75) is 6.36 Å². The van der Waals surface area contributed by atoms with Gasteiger partial charge in [0, 0.05) is 16.8 Å². The molecule has 0 aliphatic heterocycles. The Morgan fingerprint density at radius 1 is 0.947 bits per heavy atom. The molecule has 2 nitrogen and oxygen atoms in total. The number of rotatable bonds is 2. The standard InChI is InChI=1S/C13H9F4NO/c14-8-5-6-11(18)10(7-8)9-3-1-2-4-12(9)19-13(15,16)17/h1-7H,18H2. The smallest absolute Gasteiger partial charge is 0.405 e. The first-order chi connectivity index (χ1) is 8.87. The number of benzene rings is 2. The molecule has 0 bridgehead atoms. The predicted octanol–water partition coefficient (Wildman–Crippen LogP) is 3.97. The molecule has 0 unspecified atom stereocenters. The van der Waals surface area contributed by atoms with E-state index in [4.69, 9.17) is 5.73 Å². The van der Waals surface area contributed by atoms with Gasteiger partial charge in [-0.3, -0.25) is 0 Å². The minimum absolute atomic E-state index is 0.0804. The van der Waals surface area contributed by atoms with Gasteiger partial charge in [0.2, 0.25) is 0 Å². The van der Waals surface area contributed by atoms with Crippen LogP contribution >= 0.6 is 0 Å². The van der Waals surface area contributed by atoms with Crippen molar-refractivity contribution in [1.29, 1.82) is 0 Å². The van der Waals surface area contributed by atoms with Crippen molar-refractivity contribution in [3.05, 3.63) is 48.3 Å². The Kier molecular flexibility index (Phi) is 3.33. The van der Waals surface area contributed by atoms with Crippen molar-refractivity contribution in [2.75, 3.05) is 5.73 Å². The van der Waals surface area contributed by atoms with Crippen LogP contribution < -0.4 is 10.5 Å². The number of halogens is 4. The highest BCUT2D eigenvalue weighted by Gasteiger charge is 2.32. The van der Waals surface area contributed by atoms with E-state index < -0.39 is 17.9 Å². The molecule has 2 aromatic carbocycles.